The number of amides is 1. The molecule has 1 atom stereocenters. The van der Waals surface area contributed by atoms with Crippen LogP contribution in [0.15, 0.2) is 24.3 Å². The third kappa shape index (κ3) is 5.31. The highest BCUT2D eigenvalue weighted by Crippen LogP contribution is 2.18. The van der Waals surface area contributed by atoms with Gasteiger partial charge in [0.15, 0.2) is 5.78 Å². The molecule has 1 aliphatic heterocycles. The number of aryl methyl sites for hydroxylation is 1. The van der Waals surface area contributed by atoms with Crippen molar-refractivity contribution in [3.8, 4) is 5.75 Å². The highest BCUT2D eigenvalue weighted by Gasteiger charge is 2.34. The fourth-order valence-electron chi connectivity index (χ4n) is 2.86. The molecule has 0 saturated carbocycles. The molecule has 2 rings (SSSR count). The van der Waals surface area contributed by atoms with E-state index in [1.54, 1.807) is 6.92 Å². The number of carbonyl (C=O) groups is 3. The number of carbonyl (C=O) groups excluding carboxylic acids is 3. The van der Waals surface area contributed by atoms with E-state index in [0.29, 0.717) is 32.4 Å². The molecule has 25 heavy (non-hydrogen) atoms. The number of hydrogen-bond acceptors (Lipinski definition) is 5. The van der Waals surface area contributed by atoms with Gasteiger partial charge in [0.25, 0.3) is 0 Å². The standard InChI is InChI=1S/C19H25NO5/c1-3-24-15-8-5-14(6-9-15)7-10-18(22)20-12-11-16(17(21)13-20)19(23)25-4-2/h5-6,8-9,16H,3-4,7,10-13H2,1-2H3. The van der Waals surface area contributed by atoms with Crippen molar-refractivity contribution < 1.29 is 23.9 Å². The van der Waals surface area contributed by atoms with Crippen LogP contribution in [0.1, 0.15) is 32.3 Å². The molecule has 0 bridgehead atoms. The maximum absolute atomic E-state index is 12.3. The lowest BCUT2D eigenvalue weighted by Gasteiger charge is -2.29. The van der Waals surface area contributed by atoms with Crippen LogP contribution >= 0.6 is 0 Å². The molecule has 0 spiro atoms. The van der Waals surface area contributed by atoms with Gasteiger partial charge in [0.2, 0.25) is 5.91 Å². The SMILES string of the molecule is CCOC(=O)C1CCN(C(=O)CCc2ccc(OCC)cc2)CC1=O. The Kier molecular flexibility index (Phi) is 6.98. The van der Waals surface area contributed by atoms with E-state index in [4.69, 9.17) is 9.47 Å². The largest absolute Gasteiger partial charge is 0.494 e. The molecule has 1 aliphatic rings. The van der Waals surface area contributed by atoms with Crippen molar-refractivity contribution >= 4 is 17.7 Å². The van der Waals surface area contributed by atoms with Gasteiger partial charge in [0.05, 0.1) is 19.8 Å². The number of nitrogens with zero attached hydrogens (tertiary/aromatic N) is 1. The summed E-state index contributed by atoms with van der Waals surface area (Å²) in [7, 11) is 0. The fraction of sp³-hybridized carbons (Fsp3) is 0.526. The molecule has 1 aromatic carbocycles. The van der Waals surface area contributed by atoms with Gasteiger partial charge in [0, 0.05) is 13.0 Å². The molecule has 1 heterocycles. The Morgan fingerprint density at radius 2 is 1.88 bits per heavy atom. The molecular weight excluding hydrogens is 322 g/mol. The summed E-state index contributed by atoms with van der Waals surface area (Å²) in [6, 6.07) is 7.65. The summed E-state index contributed by atoms with van der Waals surface area (Å²) in [5.74, 6) is -0.697. The normalized spacial score (nSPS) is 17.3. The summed E-state index contributed by atoms with van der Waals surface area (Å²) in [5, 5.41) is 0. The molecule has 1 saturated heterocycles. The molecule has 0 N–H and O–H groups in total. The van der Waals surface area contributed by atoms with Gasteiger partial charge in [-0.3, -0.25) is 14.4 Å². The second-order valence-corrected chi connectivity index (χ2v) is 5.95. The van der Waals surface area contributed by atoms with Gasteiger partial charge in [-0.1, -0.05) is 12.1 Å². The molecule has 136 valence electrons. The quantitative estimate of drug-likeness (QED) is 0.557. The van der Waals surface area contributed by atoms with Crippen molar-refractivity contribution in [1.82, 2.24) is 4.90 Å². The van der Waals surface area contributed by atoms with Crippen LogP contribution < -0.4 is 4.74 Å². The zero-order chi connectivity index (χ0) is 18.2. The molecule has 0 aromatic heterocycles. The number of benzene rings is 1. The van der Waals surface area contributed by atoms with Gasteiger partial charge in [-0.15, -0.1) is 0 Å². The second-order valence-electron chi connectivity index (χ2n) is 5.95. The van der Waals surface area contributed by atoms with Gasteiger partial charge >= 0.3 is 5.97 Å². The van der Waals surface area contributed by atoms with Gasteiger partial charge in [-0.05, 0) is 44.4 Å². The topological polar surface area (TPSA) is 72.9 Å². The number of rotatable bonds is 7. The Hall–Kier alpha value is -2.37. The molecule has 1 unspecified atom stereocenters. The van der Waals surface area contributed by atoms with Gasteiger partial charge in [0.1, 0.15) is 11.7 Å². The van der Waals surface area contributed by atoms with Crippen molar-refractivity contribution in [2.75, 3.05) is 26.3 Å². The average Bonchev–Trinajstić information content (AvgIpc) is 2.61. The Balaban J connectivity index is 1.81. The monoisotopic (exact) mass is 347 g/mol. The first-order valence-electron chi connectivity index (χ1n) is 8.74. The molecule has 1 amide bonds. The molecular formula is C19H25NO5. The minimum absolute atomic E-state index is 0.00834. The maximum atomic E-state index is 12.3. The van der Waals surface area contributed by atoms with Crippen LogP contribution in [0.25, 0.3) is 0 Å². The first kappa shape index (κ1) is 19.0. The summed E-state index contributed by atoms with van der Waals surface area (Å²) in [4.78, 5) is 37.7. The fourth-order valence-corrected chi connectivity index (χ4v) is 2.86. The van der Waals surface area contributed by atoms with Gasteiger partial charge < -0.3 is 14.4 Å². The predicted molar refractivity (Wildman–Crippen MR) is 92.3 cm³/mol. The van der Waals surface area contributed by atoms with E-state index in [-0.39, 0.29) is 24.8 Å². The van der Waals surface area contributed by atoms with Crippen LogP contribution in [0, 0.1) is 5.92 Å². The van der Waals surface area contributed by atoms with E-state index in [1.807, 2.05) is 31.2 Å². The Morgan fingerprint density at radius 1 is 1.16 bits per heavy atom. The molecule has 0 aliphatic carbocycles. The number of hydrogen-bond donors (Lipinski definition) is 0. The molecule has 1 aromatic rings. The summed E-state index contributed by atoms with van der Waals surface area (Å²) in [6.07, 6.45) is 1.29. The van der Waals surface area contributed by atoms with Crippen molar-refractivity contribution in [3.63, 3.8) is 0 Å². The van der Waals surface area contributed by atoms with E-state index >= 15 is 0 Å². The van der Waals surface area contributed by atoms with Crippen molar-refractivity contribution in [1.29, 1.82) is 0 Å². The van der Waals surface area contributed by atoms with Crippen LogP contribution in [0.5, 0.6) is 5.75 Å². The van der Waals surface area contributed by atoms with Crippen molar-refractivity contribution in [3.05, 3.63) is 29.8 Å². The maximum Gasteiger partial charge on any atom is 0.316 e. The minimum Gasteiger partial charge on any atom is -0.494 e. The Labute approximate surface area is 148 Å². The van der Waals surface area contributed by atoms with E-state index in [9.17, 15) is 14.4 Å². The zero-order valence-corrected chi connectivity index (χ0v) is 14.8. The number of likely N-dealkylation sites (tertiary alicyclic amines) is 1. The summed E-state index contributed by atoms with van der Waals surface area (Å²) >= 11 is 0. The van der Waals surface area contributed by atoms with Crippen molar-refractivity contribution in [2.24, 2.45) is 5.92 Å². The van der Waals surface area contributed by atoms with E-state index in [1.165, 1.54) is 4.90 Å². The molecule has 1 fully saturated rings. The molecule has 6 nitrogen and oxygen atoms in total. The summed E-state index contributed by atoms with van der Waals surface area (Å²) in [6.45, 7) is 4.92. The summed E-state index contributed by atoms with van der Waals surface area (Å²) in [5.41, 5.74) is 1.05. The average molecular weight is 347 g/mol. The third-order valence-electron chi connectivity index (χ3n) is 4.21. The van der Waals surface area contributed by atoms with Crippen molar-refractivity contribution in [2.45, 2.75) is 33.1 Å². The van der Waals surface area contributed by atoms with Crippen LogP contribution in [-0.4, -0.2) is 48.9 Å². The van der Waals surface area contributed by atoms with Crippen LogP contribution in [-0.2, 0) is 25.5 Å². The number of esters is 1. The number of Topliss-reactive ketones (excluding diaryl/α,β-unsaturated/α-hetero) is 1. The third-order valence-corrected chi connectivity index (χ3v) is 4.21. The minimum atomic E-state index is -0.727. The Bertz CT molecular complexity index is 611. The number of piperidine rings is 1. The lowest BCUT2D eigenvalue weighted by atomic mass is 9.95. The van der Waals surface area contributed by atoms with E-state index in [0.717, 1.165) is 11.3 Å². The lowest BCUT2D eigenvalue weighted by Crippen LogP contribution is -2.46. The highest BCUT2D eigenvalue weighted by molar-refractivity contribution is 6.01. The van der Waals surface area contributed by atoms with E-state index in [2.05, 4.69) is 0 Å². The number of ether oxygens (including phenoxy) is 2. The highest BCUT2D eigenvalue weighted by atomic mass is 16.5. The zero-order valence-electron chi connectivity index (χ0n) is 14.8. The summed E-state index contributed by atoms with van der Waals surface area (Å²) < 4.78 is 10.3. The van der Waals surface area contributed by atoms with Gasteiger partial charge in [-0.25, -0.2) is 0 Å². The molecule has 0 radical (unpaired) electrons. The smallest absolute Gasteiger partial charge is 0.316 e. The first-order chi connectivity index (χ1) is 12.0. The Morgan fingerprint density at radius 3 is 2.48 bits per heavy atom. The van der Waals surface area contributed by atoms with Gasteiger partial charge in [-0.2, -0.15) is 0 Å². The number of ketones is 1. The second kappa shape index (κ2) is 9.20. The van der Waals surface area contributed by atoms with Crippen LogP contribution in [0.3, 0.4) is 0 Å². The first-order valence-corrected chi connectivity index (χ1v) is 8.74. The van der Waals surface area contributed by atoms with Crippen LogP contribution in [0.4, 0.5) is 0 Å². The lowest BCUT2D eigenvalue weighted by molar-refractivity contribution is -0.156. The van der Waals surface area contributed by atoms with Crippen LogP contribution in [0.2, 0.25) is 0 Å². The van der Waals surface area contributed by atoms with E-state index < -0.39 is 11.9 Å². The predicted octanol–water partition coefficient (Wildman–Crippen LogP) is 2.00. The molecule has 6 heteroatoms.